The largest absolute Gasteiger partial charge is 0.452 e. The molecule has 0 spiro atoms. The van der Waals surface area contributed by atoms with Gasteiger partial charge in [0.05, 0.1) is 22.9 Å². The molecule has 0 saturated heterocycles. The molecule has 0 saturated carbocycles. The number of thioether (sulfide) groups is 1. The molecule has 1 amide bonds. The van der Waals surface area contributed by atoms with Gasteiger partial charge >= 0.3 is 5.97 Å². The number of esters is 1. The second-order valence-corrected chi connectivity index (χ2v) is 5.72. The summed E-state index contributed by atoms with van der Waals surface area (Å²) in [5, 5.41) is 11.1. The van der Waals surface area contributed by atoms with Gasteiger partial charge in [0.2, 0.25) is 0 Å². The molecule has 8 heteroatoms. The fourth-order valence-corrected chi connectivity index (χ4v) is 2.45. The first-order valence-electron chi connectivity index (χ1n) is 7.00. The number of para-hydroxylation sites is 1. The molecular weight excluding hydrogens is 350 g/mol. The average molecular weight is 362 g/mol. The number of hydrogen-bond acceptors (Lipinski definition) is 5. The van der Waals surface area contributed by atoms with Crippen LogP contribution in [0.2, 0.25) is 0 Å². The molecule has 0 heterocycles. The van der Waals surface area contributed by atoms with Crippen LogP contribution in [0.4, 0.5) is 14.5 Å². The van der Waals surface area contributed by atoms with Crippen molar-refractivity contribution in [2.45, 2.75) is 10.7 Å². The highest BCUT2D eigenvalue weighted by atomic mass is 32.2. The molecule has 0 radical (unpaired) electrons. The molecule has 25 heavy (non-hydrogen) atoms. The third-order valence-electron chi connectivity index (χ3n) is 2.96. The molecule has 0 unspecified atom stereocenters. The first kappa shape index (κ1) is 18.4. The Labute approximate surface area is 146 Å². The van der Waals surface area contributed by atoms with Crippen LogP contribution >= 0.6 is 11.8 Å². The van der Waals surface area contributed by atoms with E-state index in [4.69, 9.17) is 10.00 Å². The number of nitriles is 1. The fourth-order valence-electron chi connectivity index (χ4n) is 1.85. The predicted octanol–water partition coefficient (Wildman–Crippen LogP) is 3.67. The summed E-state index contributed by atoms with van der Waals surface area (Å²) in [5.74, 6) is -3.99. The van der Waals surface area contributed by atoms with Gasteiger partial charge in [-0.05, 0) is 36.4 Å². The number of alkyl halides is 2. The normalized spacial score (nSPS) is 10.2. The Morgan fingerprint density at radius 2 is 1.84 bits per heavy atom. The van der Waals surface area contributed by atoms with Gasteiger partial charge < -0.3 is 10.1 Å². The van der Waals surface area contributed by atoms with Crippen molar-refractivity contribution in [1.82, 2.24) is 0 Å². The number of carbonyl (C=O) groups is 2. The van der Waals surface area contributed by atoms with Crippen LogP contribution in [0.3, 0.4) is 0 Å². The minimum absolute atomic E-state index is 0.195. The van der Waals surface area contributed by atoms with Crippen molar-refractivity contribution >= 4 is 29.3 Å². The first-order valence-corrected chi connectivity index (χ1v) is 7.88. The second-order valence-electron chi connectivity index (χ2n) is 4.69. The minimum Gasteiger partial charge on any atom is -0.452 e. The van der Waals surface area contributed by atoms with Crippen LogP contribution in [0, 0.1) is 11.3 Å². The van der Waals surface area contributed by atoms with Gasteiger partial charge in [0.1, 0.15) is 0 Å². The lowest BCUT2D eigenvalue weighted by molar-refractivity contribution is -0.119. The summed E-state index contributed by atoms with van der Waals surface area (Å²) in [6.07, 6.45) is 0. The van der Waals surface area contributed by atoms with E-state index in [9.17, 15) is 18.4 Å². The van der Waals surface area contributed by atoms with E-state index < -0.39 is 24.2 Å². The van der Waals surface area contributed by atoms with Crippen LogP contribution in [0.15, 0.2) is 53.4 Å². The van der Waals surface area contributed by atoms with E-state index in [1.165, 1.54) is 36.4 Å². The standard InChI is InChI=1S/C17H12F2N2O3S/c18-17(19)25-14-4-2-1-3-13(14)21-15(22)10-24-16(23)12-7-5-11(9-20)6-8-12/h1-8,17H,10H2,(H,21,22). The van der Waals surface area contributed by atoms with Gasteiger partial charge in [-0.1, -0.05) is 23.9 Å². The van der Waals surface area contributed by atoms with E-state index in [1.54, 1.807) is 12.1 Å². The van der Waals surface area contributed by atoms with Crippen LogP contribution in [0.1, 0.15) is 15.9 Å². The van der Waals surface area contributed by atoms with Crippen LogP contribution in [-0.2, 0) is 9.53 Å². The number of carbonyl (C=O) groups excluding carboxylic acids is 2. The molecule has 1 N–H and O–H groups in total. The molecule has 0 fully saturated rings. The molecule has 2 aromatic rings. The molecule has 0 bridgehead atoms. The van der Waals surface area contributed by atoms with Crippen molar-refractivity contribution in [1.29, 1.82) is 5.26 Å². The van der Waals surface area contributed by atoms with Gasteiger partial charge in [-0.3, -0.25) is 4.79 Å². The number of nitrogens with one attached hydrogen (secondary N) is 1. The Hall–Kier alpha value is -2.92. The second kappa shape index (κ2) is 8.80. The van der Waals surface area contributed by atoms with Crippen molar-refractivity contribution in [3.63, 3.8) is 0 Å². The fraction of sp³-hybridized carbons (Fsp3) is 0.118. The number of halogens is 2. The molecule has 0 aromatic heterocycles. The van der Waals surface area contributed by atoms with E-state index in [0.717, 1.165) is 0 Å². The Kier molecular flexibility index (Phi) is 6.48. The third-order valence-corrected chi connectivity index (χ3v) is 3.75. The zero-order chi connectivity index (χ0) is 18.2. The number of benzene rings is 2. The SMILES string of the molecule is N#Cc1ccc(C(=O)OCC(=O)Nc2ccccc2SC(F)F)cc1. The first-order chi connectivity index (χ1) is 12.0. The number of ether oxygens (including phenoxy) is 1. The van der Waals surface area contributed by atoms with Crippen molar-refractivity contribution in [2.24, 2.45) is 0 Å². The highest BCUT2D eigenvalue weighted by Gasteiger charge is 2.14. The smallest absolute Gasteiger partial charge is 0.338 e. The minimum atomic E-state index is -2.62. The Morgan fingerprint density at radius 3 is 2.48 bits per heavy atom. The predicted molar refractivity (Wildman–Crippen MR) is 88.4 cm³/mol. The van der Waals surface area contributed by atoms with E-state index in [2.05, 4.69) is 5.32 Å². The molecule has 2 rings (SSSR count). The number of hydrogen-bond donors (Lipinski definition) is 1. The zero-order valence-corrected chi connectivity index (χ0v) is 13.6. The summed E-state index contributed by atoms with van der Waals surface area (Å²) >= 11 is 0.310. The Morgan fingerprint density at radius 1 is 1.16 bits per heavy atom. The lowest BCUT2D eigenvalue weighted by atomic mass is 10.1. The van der Waals surface area contributed by atoms with Crippen molar-refractivity contribution in [3.05, 3.63) is 59.7 Å². The average Bonchev–Trinajstić information content (AvgIpc) is 2.61. The summed E-state index contributed by atoms with van der Waals surface area (Å²) in [4.78, 5) is 23.9. The van der Waals surface area contributed by atoms with Crippen molar-refractivity contribution in [3.8, 4) is 6.07 Å². The molecule has 128 valence electrons. The van der Waals surface area contributed by atoms with Gasteiger partial charge in [-0.2, -0.15) is 14.0 Å². The Bertz CT molecular complexity index is 804. The lowest BCUT2D eigenvalue weighted by Gasteiger charge is -2.10. The van der Waals surface area contributed by atoms with E-state index in [1.807, 2.05) is 6.07 Å². The molecule has 0 atom stereocenters. The maximum atomic E-state index is 12.5. The van der Waals surface area contributed by atoms with Gasteiger partial charge in [0.15, 0.2) is 6.61 Å². The summed E-state index contributed by atoms with van der Waals surface area (Å²) in [5.41, 5.74) is 0.801. The monoisotopic (exact) mass is 362 g/mol. The molecule has 0 aliphatic carbocycles. The topological polar surface area (TPSA) is 79.2 Å². The summed E-state index contributed by atoms with van der Waals surface area (Å²) < 4.78 is 29.9. The Balaban J connectivity index is 1.92. The van der Waals surface area contributed by atoms with E-state index in [-0.39, 0.29) is 16.1 Å². The summed E-state index contributed by atoms with van der Waals surface area (Å²) in [6.45, 7) is -0.563. The van der Waals surface area contributed by atoms with Gasteiger partial charge in [0, 0.05) is 4.90 Å². The number of amides is 1. The van der Waals surface area contributed by atoms with E-state index in [0.29, 0.717) is 17.3 Å². The molecule has 2 aromatic carbocycles. The van der Waals surface area contributed by atoms with Crippen molar-refractivity contribution in [2.75, 3.05) is 11.9 Å². The van der Waals surface area contributed by atoms with Crippen LogP contribution in [0.5, 0.6) is 0 Å². The molecule has 0 aliphatic rings. The zero-order valence-electron chi connectivity index (χ0n) is 12.7. The van der Waals surface area contributed by atoms with Gasteiger partial charge in [-0.15, -0.1) is 0 Å². The number of nitrogens with zero attached hydrogens (tertiary/aromatic N) is 1. The van der Waals surface area contributed by atoms with Gasteiger partial charge in [-0.25, -0.2) is 4.79 Å². The third kappa shape index (κ3) is 5.58. The number of anilines is 1. The highest BCUT2D eigenvalue weighted by molar-refractivity contribution is 7.99. The summed E-state index contributed by atoms with van der Waals surface area (Å²) in [6, 6.07) is 13.7. The highest BCUT2D eigenvalue weighted by Crippen LogP contribution is 2.31. The van der Waals surface area contributed by atoms with Crippen LogP contribution in [-0.4, -0.2) is 24.2 Å². The molecular formula is C17H12F2N2O3S. The quantitative estimate of drug-likeness (QED) is 0.627. The maximum absolute atomic E-state index is 12.5. The van der Waals surface area contributed by atoms with Gasteiger partial charge in [0.25, 0.3) is 11.7 Å². The lowest BCUT2D eigenvalue weighted by Crippen LogP contribution is -2.21. The maximum Gasteiger partial charge on any atom is 0.338 e. The summed E-state index contributed by atoms with van der Waals surface area (Å²) in [7, 11) is 0. The van der Waals surface area contributed by atoms with Crippen LogP contribution in [0.25, 0.3) is 0 Å². The molecule has 5 nitrogen and oxygen atoms in total. The number of rotatable bonds is 6. The van der Waals surface area contributed by atoms with Crippen molar-refractivity contribution < 1.29 is 23.1 Å². The van der Waals surface area contributed by atoms with Crippen LogP contribution < -0.4 is 5.32 Å². The molecule has 0 aliphatic heterocycles. The van der Waals surface area contributed by atoms with E-state index >= 15 is 0 Å².